The number of thioether (sulfide) groups is 1. The Kier molecular flexibility index (Phi) is 10.4. The van der Waals surface area contributed by atoms with Crippen LogP contribution < -0.4 is 20.1 Å². The van der Waals surface area contributed by atoms with Gasteiger partial charge in [-0.15, -0.1) is 21.5 Å². The summed E-state index contributed by atoms with van der Waals surface area (Å²) >= 11 is 2.70. The van der Waals surface area contributed by atoms with E-state index in [0.29, 0.717) is 45.2 Å². The summed E-state index contributed by atoms with van der Waals surface area (Å²) in [6.45, 7) is 4.36. The number of hydrogen-bond donors (Lipinski definition) is 2. The number of nitrogens with zero attached hydrogens (tertiary/aromatic N) is 3. The molecule has 0 saturated heterocycles. The van der Waals surface area contributed by atoms with Crippen LogP contribution in [-0.4, -0.2) is 58.6 Å². The molecule has 0 radical (unpaired) electrons. The molecule has 2 heterocycles. The third-order valence-corrected chi connectivity index (χ3v) is 9.61. The maximum atomic E-state index is 13.4. The number of rotatable bonds is 13. The zero-order valence-corrected chi connectivity index (χ0v) is 27.2. The van der Waals surface area contributed by atoms with E-state index >= 15 is 0 Å². The first-order valence-corrected chi connectivity index (χ1v) is 16.3. The number of nitrogens with one attached hydrogen (secondary N) is 2. The number of amides is 2. The van der Waals surface area contributed by atoms with E-state index in [1.807, 2.05) is 34.9 Å². The lowest BCUT2D eigenvalue weighted by molar-refractivity contribution is -0.115. The van der Waals surface area contributed by atoms with E-state index in [2.05, 4.69) is 20.8 Å². The molecule has 2 aromatic carbocycles. The van der Waals surface area contributed by atoms with Gasteiger partial charge in [0.15, 0.2) is 22.5 Å². The highest BCUT2D eigenvalue weighted by atomic mass is 32.2. The van der Waals surface area contributed by atoms with E-state index in [1.165, 1.54) is 37.3 Å². The molecule has 11 nitrogen and oxygen atoms in total. The van der Waals surface area contributed by atoms with Gasteiger partial charge in [0, 0.05) is 10.4 Å². The second kappa shape index (κ2) is 14.6. The van der Waals surface area contributed by atoms with Crippen LogP contribution in [0.2, 0.25) is 0 Å². The second-order valence-electron chi connectivity index (χ2n) is 10.3. The molecule has 0 saturated carbocycles. The van der Waals surface area contributed by atoms with Crippen molar-refractivity contribution in [2.24, 2.45) is 0 Å². The molecule has 0 bridgehead atoms. The third kappa shape index (κ3) is 7.31. The highest BCUT2D eigenvalue weighted by molar-refractivity contribution is 8.00. The van der Waals surface area contributed by atoms with Crippen LogP contribution in [0.5, 0.6) is 11.5 Å². The fourth-order valence-corrected chi connectivity index (χ4v) is 7.18. The van der Waals surface area contributed by atoms with Crippen molar-refractivity contribution >= 4 is 45.9 Å². The minimum atomic E-state index is -0.565. The lowest BCUT2D eigenvalue weighted by Crippen LogP contribution is -2.25. The summed E-state index contributed by atoms with van der Waals surface area (Å²) < 4.78 is 17.8. The number of carbonyl (C=O) groups is 3. The smallest absolute Gasteiger partial charge is 0.341 e. The number of methoxy groups -OCH3 is 2. The maximum Gasteiger partial charge on any atom is 0.341 e. The van der Waals surface area contributed by atoms with Crippen molar-refractivity contribution < 1.29 is 28.6 Å². The van der Waals surface area contributed by atoms with E-state index in [-0.39, 0.29) is 25.0 Å². The monoisotopic (exact) mass is 649 g/mol. The van der Waals surface area contributed by atoms with Crippen molar-refractivity contribution in [3.05, 3.63) is 81.5 Å². The molecule has 13 heteroatoms. The van der Waals surface area contributed by atoms with Gasteiger partial charge in [0.05, 0.1) is 44.7 Å². The molecule has 0 unspecified atom stereocenters. The van der Waals surface area contributed by atoms with Crippen LogP contribution in [0.25, 0.3) is 0 Å². The van der Waals surface area contributed by atoms with Crippen LogP contribution in [0.15, 0.2) is 53.7 Å². The lowest BCUT2D eigenvalue weighted by Gasteiger charge is -2.15. The number of esters is 1. The van der Waals surface area contributed by atoms with Gasteiger partial charge in [-0.3, -0.25) is 9.59 Å². The molecule has 1 aliphatic rings. The Morgan fingerprint density at radius 1 is 1.04 bits per heavy atom. The van der Waals surface area contributed by atoms with E-state index < -0.39 is 11.2 Å². The Balaban J connectivity index is 1.33. The molecular formula is C32H35N5O6S2. The standard InChI is InChI=1S/C32H35N5O6S2/c1-5-43-31(40)27-22-12-9-13-25(22)45-30(27)34-28(38)19(2)44-32-36-35-26(37(32)18-20-10-7-6-8-11-20)17-33-29(39)21-14-15-23(41-3)24(16-21)42-4/h6-8,10-11,14-16,19H,5,9,12-13,17-18H2,1-4H3,(H,33,39)(H,34,38)/t19-/m0/s1. The molecule has 0 aliphatic heterocycles. The van der Waals surface area contributed by atoms with Gasteiger partial charge >= 0.3 is 5.97 Å². The minimum Gasteiger partial charge on any atom is -0.493 e. The number of thiophene rings is 1. The third-order valence-electron chi connectivity index (χ3n) is 7.32. The molecule has 5 rings (SSSR count). The molecule has 0 fully saturated rings. The topological polar surface area (TPSA) is 134 Å². The lowest BCUT2D eigenvalue weighted by atomic mass is 10.1. The first kappa shape index (κ1) is 32.0. The van der Waals surface area contributed by atoms with Crippen molar-refractivity contribution in [2.45, 2.75) is 56.6 Å². The minimum absolute atomic E-state index is 0.109. The Hall–Kier alpha value is -4.36. The molecule has 2 amide bonds. The van der Waals surface area contributed by atoms with Gasteiger partial charge in [0.2, 0.25) is 5.91 Å². The summed E-state index contributed by atoms with van der Waals surface area (Å²) in [6, 6.07) is 14.7. The largest absolute Gasteiger partial charge is 0.493 e. The molecule has 1 aliphatic carbocycles. The van der Waals surface area contributed by atoms with Crippen LogP contribution in [-0.2, 0) is 35.5 Å². The summed E-state index contributed by atoms with van der Waals surface area (Å²) in [5.74, 6) is 0.522. The molecule has 1 atom stereocenters. The normalized spacial score (nSPS) is 12.7. The number of aryl methyl sites for hydroxylation is 1. The van der Waals surface area contributed by atoms with E-state index in [9.17, 15) is 14.4 Å². The first-order valence-electron chi connectivity index (χ1n) is 14.6. The first-order chi connectivity index (χ1) is 21.8. The van der Waals surface area contributed by atoms with Crippen molar-refractivity contribution in [3.63, 3.8) is 0 Å². The predicted octanol–water partition coefficient (Wildman–Crippen LogP) is 5.12. The Morgan fingerprint density at radius 3 is 2.56 bits per heavy atom. The maximum absolute atomic E-state index is 13.4. The Bertz CT molecular complexity index is 1690. The molecule has 236 valence electrons. The average molecular weight is 650 g/mol. The summed E-state index contributed by atoms with van der Waals surface area (Å²) in [4.78, 5) is 40.3. The number of fused-ring (bicyclic) bond motifs is 1. The summed E-state index contributed by atoms with van der Waals surface area (Å²) in [5.41, 5.74) is 2.87. The molecule has 4 aromatic rings. The summed E-state index contributed by atoms with van der Waals surface area (Å²) in [7, 11) is 3.05. The van der Waals surface area contributed by atoms with Crippen molar-refractivity contribution in [1.29, 1.82) is 0 Å². The Morgan fingerprint density at radius 2 is 1.82 bits per heavy atom. The Labute approximate surface area is 269 Å². The summed E-state index contributed by atoms with van der Waals surface area (Å²) in [6.07, 6.45) is 2.68. The number of ether oxygens (including phenoxy) is 3. The molecule has 45 heavy (non-hydrogen) atoms. The average Bonchev–Trinajstić information content (AvgIpc) is 3.75. The molecule has 0 spiro atoms. The number of aromatic nitrogens is 3. The fourth-order valence-electron chi connectivity index (χ4n) is 5.04. The zero-order valence-electron chi connectivity index (χ0n) is 25.5. The summed E-state index contributed by atoms with van der Waals surface area (Å²) in [5, 5.41) is 15.1. The van der Waals surface area contributed by atoms with Gasteiger partial charge in [-0.05, 0) is 62.4 Å². The zero-order chi connectivity index (χ0) is 31.9. The van der Waals surface area contributed by atoms with Gasteiger partial charge in [0.1, 0.15) is 5.00 Å². The molecular weight excluding hydrogens is 615 g/mol. The van der Waals surface area contributed by atoms with E-state index in [1.54, 1.807) is 32.0 Å². The van der Waals surface area contributed by atoms with Gasteiger partial charge in [-0.2, -0.15) is 0 Å². The molecule has 2 N–H and O–H groups in total. The van der Waals surface area contributed by atoms with Crippen molar-refractivity contribution in [1.82, 2.24) is 20.1 Å². The highest BCUT2D eigenvalue weighted by Crippen LogP contribution is 2.40. The van der Waals surface area contributed by atoms with Gasteiger partial charge < -0.3 is 29.4 Å². The van der Waals surface area contributed by atoms with Crippen LogP contribution in [0.3, 0.4) is 0 Å². The van der Waals surface area contributed by atoms with Crippen LogP contribution in [0, 0.1) is 0 Å². The van der Waals surface area contributed by atoms with E-state index in [4.69, 9.17) is 14.2 Å². The van der Waals surface area contributed by atoms with Crippen LogP contribution in [0.4, 0.5) is 5.00 Å². The van der Waals surface area contributed by atoms with Crippen LogP contribution in [0.1, 0.15) is 62.8 Å². The predicted molar refractivity (Wildman–Crippen MR) is 173 cm³/mol. The second-order valence-corrected chi connectivity index (χ2v) is 12.7. The molecule has 2 aromatic heterocycles. The number of anilines is 1. The number of carbonyl (C=O) groups excluding carboxylic acids is 3. The SMILES string of the molecule is CCOC(=O)c1c(NC(=O)[C@H](C)Sc2nnc(CNC(=O)c3ccc(OC)c(OC)c3)n2Cc2ccccc2)sc2c1CCC2. The van der Waals surface area contributed by atoms with Crippen molar-refractivity contribution in [2.75, 3.05) is 26.1 Å². The van der Waals surface area contributed by atoms with Gasteiger partial charge in [-0.25, -0.2) is 4.79 Å². The van der Waals surface area contributed by atoms with E-state index in [0.717, 1.165) is 35.3 Å². The van der Waals surface area contributed by atoms with Crippen molar-refractivity contribution in [3.8, 4) is 11.5 Å². The quantitative estimate of drug-likeness (QED) is 0.150. The number of benzene rings is 2. The van der Waals surface area contributed by atoms with Crippen LogP contribution >= 0.6 is 23.1 Å². The highest BCUT2D eigenvalue weighted by Gasteiger charge is 2.30. The van der Waals surface area contributed by atoms with Gasteiger partial charge in [0.25, 0.3) is 5.91 Å². The van der Waals surface area contributed by atoms with Gasteiger partial charge in [-0.1, -0.05) is 42.1 Å². The fraction of sp³-hybridized carbons (Fsp3) is 0.344. The number of hydrogen-bond acceptors (Lipinski definition) is 10.